The van der Waals surface area contributed by atoms with Gasteiger partial charge in [0.1, 0.15) is 0 Å². The monoisotopic (exact) mass is 671 g/mol. The standard InChI is InChI=1S/C37H61N5O6/c1-2-3-4-5-6-7-8-10-13-16-19-22-29-27-30(29)37(45)32(28-43)39-34(44)23-20-17-14-11-9-12-15-18-21-26-38-31-24-25-33(42(46)47)36-35(31)40-48-41-36/h24-25,32,37-38,43,45H,2-23,26-28H2,1H3,(H,39,44)/t32-,37+/m0/s1. The highest BCUT2D eigenvalue weighted by molar-refractivity contribution is 5.93. The average Bonchev–Trinajstić information content (AvgIpc) is 3.69. The van der Waals surface area contributed by atoms with E-state index < -0.39 is 17.1 Å². The second-order valence-electron chi connectivity index (χ2n) is 13.6. The van der Waals surface area contributed by atoms with Gasteiger partial charge in [-0.3, -0.25) is 14.9 Å². The number of hydrogen-bond donors (Lipinski definition) is 4. The average molecular weight is 672 g/mol. The fourth-order valence-corrected chi connectivity index (χ4v) is 6.51. The van der Waals surface area contributed by atoms with Gasteiger partial charge in [0.2, 0.25) is 11.4 Å². The first kappa shape index (κ1) is 39.4. The lowest BCUT2D eigenvalue weighted by molar-refractivity contribution is -0.383. The van der Waals surface area contributed by atoms with Crippen LogP contribution in [0.1, 0.15) is 155 Å². The lowest BCUT2D eigenvalue weighted by Crippen LogP contribution is -2.45. The molecule has 1 aromatic heterocycles. The van der Waals surface area contributed by atoms with Gasteiger partial charge in [-0.25, -0.2) is 4.63 Å². The number of nitro benzene ring substituents is 1. The van der Waals surface area contributed by atoms with Crippen molar-refractivity contribution in [1.29, 1.82) is 0 Å². The van der Waals surface area contributed by atoms with Crippen LogP contribution in [-0.4, -0.2) is 56.7 Å². The van der Waals surface area contributed by atoms with Crippen LogP contribution in [-0.2, 0) is 4.79 Å². The van der Waals surface area contributed by atoms with Crippen LogP contribution in [0.5, 0.6) is 0 Å². The molecule has 0 aliphatic heterocycles. The van der Waals surface area contributed by atoms with Crippen LogP contribution in [0.4, 0.5) is 11.4 Å². The second-order valence-corrected chi connectivity index (χ2v) is 13.6. The zero-order valence-electron chi connectivity index (χ0n) is 29.4. The number of hydrogen-bond acceptors (Lipinski definition) is 9. The number of anilines is 1. The molecule has 0 bridgehead atoms. The van der Waals surface area contributed by atoms with E-state index in [4.69, 9.17) is 4.63 Å². The minimum Gasteiger partial charge on any atom is -0.394 e. The Kier molecular flexibility index (Phi) is 19.1. The third-order valence-corrected chi connectivity index (χ3v) is 9.58. The van der Waals surface area contributed by atoms with E-state index in [1.54, 1.807) is 6.07 Å². The fraction of sp³-hybridized carbons (Fsp3) is 0.757. The molecule has 4 N–H and O–H groups in total. The zero-order chi connectivity index (χ0) is 34.4. The smallest absolute Gasteiger partial charge is 0.300 e. The van der Waals surface area contributed by atoms with Gasteiger partial charge in [-0.2, -0.15) is 0 Å². The Morgan fingerprint density at radius 1 is 0.854 bits per heavy atom. The van der Waals surface area contributed by atoms with Gasteiger partial charge in [0.05, 0.1) is 29.4 Å². The predicted octanol–water partition coefficient (Wildman–Crippen LogP) is 8.68. The van der Waals surface area contributed by atoms with Gasteiger partial charge in [-0.05, 0) is 54.1 Å². The van der Waals surface area contributed by atoms with Crippen molar-refractivity contribution < 1.29 is 24.6 Å². The molecular formula is C37H61N5O6. The molecule has 48 heavy (non-hydrogen) atoms. The number of amides is 1. The van der Waals surface area contributed by atoms with E-state index in [0.717, 1.165) is 76.3 Å². The lowest BCUT2D eigenvalue weighted by Gasteiger charge is -2.20. The molecule has 2 atom stereocenters. The molecule has 0 unspecified atom stereocenters. The number of nitrogens with one attached hydrogen (secondary N) is 2. The Morgan fingerprint density at radius 3 is 2.02 bits per heavy atom. The Hall–Kier alpha value is -3.05. The number of carbonyl (C=O) groups is 1. The maximum absolute atomic E-state index is 12.5. The molecule has 1 aliphatic carbocycles. The van der Waals surface area contributed by atoms with Crippen molar-refractivity contribution in [3.8, 4) is 0 Å². The summed E-state index contributed by atoms with van der Waals surface area (Å²) in [7, 11) is 0. The van der Waals surface area contributed by atoms with E-state index in [1.165, 1.54) is 88.7 Å². The molecule has 270 valence electrons. The summed E-state index contributed by atoms with van der Waals surface area (Å²) in [5.74, 6) is -0.0934. The highest BCUT2D eigenvalue weighted by Crippen LogP contribution is 2.38. The van der Waals surface area contributed by atoms with Crippen LogP contribution >= 0.6 is 0 Å². The maximum atomic E-state index is 12.5. The van der Waals surface area contributed by atoms with E-state index in [-0.39, 0.29) is 23.7 Å². The number of carbonyl (C=O) groups excluding carboxylic acids is 1. The molecular weight excluding hydrogens is 610 g/mol. The van der Waals surface area contributed by atoms with Gasteiger partial charge < -0.3 is 20.8 Å². The topological polar surface area (TPSA) is 164 Å². The van der Waals surface area contributed by atoms with Gasteiger partial charge >= 0.3 is 5.69 Å². The summed E-state index contributed by atoms with van der Waals surface area (Å²) in [6.07, 6.45) is 25.7. The third kappa shape index (κ3) is 14.6. The molecule has 2 aromatic rings. The Balaban J connectivity index is 1.13. The fourth-order valence-electron chi connectivity index (χ4n) is 6.51. The van der Waals surface area contributed by atoms with E-state index in [0.29, 0.717) is 17.6 Å². The van der Waals surface area contributed by atoms with Crippen LogP contribution in [0.3, 0.4) is 0 Å². The number of fused-ring (bicyclic) bond motifs is 1. The minimum atomic E-state index is -0.776. The normalized spacial score (nSPS) is 14.0. The summed E-state index contributed by atoms with van der Waals surface area (Å²) >= 11 is 0. The summed E-state index contributed by atoms with van der Waals surface area (Å²) < 4.78 is 4.70. The number of nitrogens with zero attached hydrogens (tertiary/aromatic N) is 3. The number of nitro groups is 1. The number of rotatable bonds is 30. The number of unbranched alkanes of at least 4 members (excludes halogenated alkanes) is 18. The number of benzene rings is 1. The molecule has 11 nitrogen and oxygen atoms in total. The molecule has 0 spiro atoms. The van der Waals surface area contributed by atoms with Crippen molar-refractivity contribution in [2.24, 2.45) is 0 Å². The summed E-state index contributed by atoms with van der Waals surface area (Å²) in [6.45, 7) is 2.75. The van der Waals surface area contributed by atoms with Crippen LogP contribution in [0, 0.1) is 10.1 Å². The number of aliphatic hydroxyl groups is 2. The van der Waals surface area contributed by atoms with Crippen LogP contribution in [0.25, 0.3) is 11.0 Å². The van der Waals surface area contributed by atoms with Gasteiger partial charge in [0, 0.05) is 19.0 Å². The SMILES string of the molecule is CCCCCCCCCCCCCC1=C([C@@H](O)[C@H](CO)NC(=O)CCCCCCCCCCCNc2ccc([N+](=O)[O-])c3nonc23)C1. The Bertz CT molecular complexity index is 1250. The predicted molar refractivity (Wildman–Crippen MR) is 191 cm³/mol. The summed E-state index contributed by atoms with van der Waals surface area (Å²) in [5, 5.41) is 45.3. The Morgan fingerprint density at radius 2 is 1.42 bits per heavy atom. The molecule has 1 aliphatic rings. The van der Waals surface area contributed by atoms with Crippen molar-refractivity contribution in [3.63, 3.8) is 0 Å². The molecule has 0 saturated carbocycles. The van der Waals surface area contributed by atoms with E-state index in [2.05, 4.69) is 27.9 Å². The van der Waals surface area contributed by atoms with Crippen LogP contribution in [0.2, 0.25) is 0 Å². The number of aliphatic hydroxyl groups excluding tert-OH is 2. The third-order valence-electron chi connectivity index (χ3n) is 9.58. The molecule has 3 rings (SSSR count). The number of aromatic nitrogens is 2. The highest BCUT2D eigenvalue weighted by Gasteiger charge is 2.33. The molecule has 1 aromatic carbocycles. The molecule has 11 heteroatoms. The second kappa shape index (κ2) is 23.3. The van der Waals surface area contributed by atoms with Crippen molar-refractivity contribution >= 4 is 28.3 Å². The quantitative estimate of drug-likeness (QED) is 0.0275. The number of non-ortho nitro benzene ring substituents is 1. The largest absolute Gasteiger partial charge is 0.394 e. The summed E-state index contributed by atoms with van der Waals surface area (Å²) in [6, 6.07) is 2.44. The van der Waals surface area contributed by atoms with Crippen molar-refractivity contribution in [1.82, 2.24) is 15.6 Å². The lowest BCUT2D eigenvalue weighted by atomic mass is 10.0. The first-order chi connectivity index (χ1) is 23.5. The highest BCUT2D eigenvalue weighted by atomic mass is 16.6. The zero-order valence-corrected chi connectivity index (χ0v) is 29.4. The maximum Gasteiger partial charge on any atom is 0.300 e. The molecule has 0 saturated heterocycles. The molecule has 0 radical (unpaired) electrons. The van der Waals surface area contributed by atoms with Gasteiger partial charge in [0.25, 0.3) is 0 Å². The van der Waals surface area contributed by atoms with E-state index >= 15 is 0 Å². The first-order valence-corrected chi connectivity index (χ1v) is 18.9. The molecule has 1 heterocycles. The number of allylic oxidation sites excluding steroid dienone is 1. The van der Waals surface area contributed by atoms with Crippen molar-refractivity contribution in [2.75, 3.05) is 18.5 Å². The van der Waals surface area contributed by atoms with Gasteiger partial charge in [0.15, 0.2) is 5.52 Å². The van der Waals surface area contributed by atoms with Crippen molar-refractivity contribution in [3.05, 3.63) is 33.4 Å². The van der Waals surface area contributed by atoms with Gasteiger partial charge in [-0.1, -0.05) is 122 Å². The van der Waals surface area contributed by atoms with Crippen LogP contribution in [0.15, 0.2) is 27.9 Å². The summed E-state index contributed by atoms with van der Waals surface area (Å²) in [5.41, 5.74) is 3.44. The first-order valence-electron chi connectivity index (χ1n) is 18.9. The molecule has 0 fully saturated rings. The summed E-state index contributed by atoms with van der Waals surface area (Å²) in [4.78, 5) is 23.1. The van der Waals surface area contributed by atoms with E-state index in [9.17, 15) is 25.1 Å². The molecule has 1 amide bonds. The Labute approximate surface area is 286 Å². The van der Waals surface area contributed by atoms with Crippen LogP contribution < -0.4 is 10.6 Å². The van der Waals surface area contributed by atoms with Crippen molar-refractivity contribution in [2.45, 2.75) is 167 Å². The van der Waals surface area contributed by atoms with E-state index in [1.807, 2.05) is 0 Å². The van der Waals surface area contributed by atoms with Gasteiger partial charge in [-0.15, -0.1) is 0 Å². The minimum absolute atomic E-state index is 0.0934.